The summed E-state index contributed by atoms with van der Waals surface area (Å²) in [7, 11) is -5.16. The minimum absolute atomic E-state index is 0. The summed E-state index contributed by atoms with van der Waals surface area (Å²) in [5.74, 6) is 0.801. The van der Waals surface area contributed by atoms with E-state index in [2.05, 4.69) is 75.1 Å². The summed E-state index contributed by atoms with van der Waals surface area (Å²) >= 11 is 7.17. The van der Waals surface area contributed by atoms with Gasteiger partial charge in [0.15, 0.2) is 0 Å². The van der Waals surface area contributed by atoms with Crippen LogP contribution < -0.4 is 65.8 Å². The second kappa shape index (κ2) is 17.4. The number of benzene rings is 2. The van der Waals surface area contributed by atoms with Crippen LogP contribution in [0.15, 0.2) is 76.0 Å². The molecule has 1 heterocycles. The largest absolute Gasteiger partial charge is 1.00 e. The Labute approximate surface area is 369 Å². The third-order valence-electron chi connectivity index (χ3n) is 10.9. The van der Waals surface area contributed by atoms with Crippen molar-refractivity contribution in [1.82, 2.24) is 0 Å². The van der Waals surface area contributed by atoms with E-state index in [9.17, 15) is 25.9 Å². The molecule has 288 valence electrons. The molecule has 13 heteroatoms. The monoisotopic (exact) mass is 823 g/mol. The number of hydrogen-bond acceptors (Lipinski definition) is 8. The van der Waals surface area contributed by atoms with E-state index < -0.39 is 36.8 Å². The van der Waals surface area contributed by atoms with Crippen LogP contribution in [-0.2, 0) is 31.1 Å². The Kier molecular flexibility index (Phi) is 14.5. The molecule has 2 aromatic rings. The number of ether oxygens (including phenoxy) is 2. The second-order valence-corrected chi connectivity index (χ2v) is 18.7. The molecular formula is C41H51ClKNO8S2. The first-order valence-corrected chi connectivity index (χ1v) is 21.5. The molecule has 54 heavy (non-hydrogen) atoms. The summed E-state index contributed by atoms with van der Waals surface area (Å²) in [5.41, 5.74) is 10.3. The molecule has 0 spiro atoms. The van der Waals surface area contributed by atoms with E-state index in [0.717, 1.165) is 92.3 Å². The molecule has 5 rings (SSSR count). The SMILES string of the molecule is COc1cc2c(cc1C)C(CCCS(=O)(=O)O)=C(/C=C/C1=C(Cl)C(=C/C=C3\N(CCCS(=O)(=O)[O-])c4cc(C)c(OC)cc4C3(C)C)/CCC1)C2(C)C.[K+]. The van der Waals surface area contributed by atoms with Crippen LogP contribution in [0.3, 0.4) is 0 Å². The number of rotatable bonds is 13. The Bertz CT molecular complexity index is 2180. The van der Waals surface area contributed by atoms with Crippen molar-refractivity contribution < 1.29 is 86.8 Å². The molecule has 9 nitrogen and oxygen atoms in total. The quantitative estimate of drug-likeness (QED) is 0.196. The molecule has 0 radical (unpaired) electrons. The third kappa shape index (κ3) is 9.69. The molecule has 1 N–H and O–H groups in total. The predicted molar refractivity (Wildman–Crippen MR) is 213 cm³/mol. The van der Waals surface area contributed by atoms with Gasteiger partial charge in [0.1, 0.15) is 11.5 Å². The first-order chi connectivity index (χ1) is 24.7. The van der Waals surface area contributed by atoms with Crippen LogP contribution in [0.2, 0.25) is 0 Å². The first-order valence-electron chi connectivity index (χ1n) is 18.0. The Hall–Kier alpha value is -1.71. The maximum atomic E-state index is 11.6. The molecule has 3 aliphatic rings. The van der Waals surface area contributed by atoms with Crippen LogP contribution in [0.25, 0.3) is 5.57 Å². The van der Waals surface area contributed by atoms with E-state index in [4.69, 9.17) is 21.1 Å². The zero-order valence-corrected chi connectivity index (χ0v) is 38.4. The van der Waals surface area contributed by atoms with Crippen molar-refractivity contribution in [2.24, 2.45) is 0 Å². The molecule has 0 bridgehead atoms. The van der Waals surface area contributed by atoms with Crippen molar-refractivity contribution in [3.63, 3.8) is 0 Å². The molecule has 0 saturated carbocycles. The predicted octanol–water partition coefficient (Wildman–Crippen LogP) is 5.81. The van der Waals surface area contributed by atoms with Gasteiger partial charge in [-0.05, 0) is 133 Å². The maximum absolute atomic E-state index is 11.6. The summed E-state index contributed by atoms with van der Waals surface area (Å²) in [6.45, 7) is 12.9. The molecular weight excluding hydrogens is 773 g/mol. The third-order valence-corrected chi connectivity index (χ3v) is 13.0. The van der Waals surface area contributed by atoms with Crippen molar-refractivity contribution in [3.8, 4) is 11.5 Å². The van der Waals surface area contributed by atoms with Gasteiger partial charge in [-0.1, -0.05) is 57.5 Å². The van der Waals surface area contributed by atoms with Crippen molar-refractivity contribution >= 4 is 43.1 Å². The average molecular weight is 825 g/mol. The fourth-order valence-corrected chi connectivity index (χ4v) is 9.39. The number of nitrogens with zero attached hydrogens (tertiary/aromatic N) is 1. The second-order valence-electron chi connectivity index (χ2n) is 15.3. The smallest absolute Gasteiger partial charge is 0.748 e. The number of hydrogen-bond donors (Lipinski definition) is 1. The van der Waals surface area contributed by atoms with Gasteiger partial charge >= 0.3 is 51.4 Å². The van der Waals surface area contributed by atoms with Gasteiger partial charge in [-0.25, -0.2) is 8.42 Å². The zero-order chi connectivity index (χ0) is 39.1. The van der Waals surface area contributed by atoms with Crippen LogP contribution in [0.4, 0.5) is 5.69 Å². The summed E-state index contributed by atoms with van der Waals surface area (Å²) in [5, 5.41) is 0.679. The molecule has 0 atom stereocenters. The number of anilines is 1. The summed E-state index contributed by atoms with van der Waals surface area (Å²) in [6, 6.07) is 8.26. The van der Waals surface area contributed by atoms with Gasteiger partial charge in [0.25, 0.3) is 10.1 Å². The maximum Gasteiger partial charge on any atom is 1.00 e. The van der Waals surface area contributed by atoms with Gasteiger partial charge in [0.05, 0.1) is 30.1 Å². The summed E-state index contributed by atoms with van der Waals surface area (Å²) in [6.07, 6.45) is 11.8. The van der Waals surface area contributed by atoms with Gasteiger partial charge in [-0.3, -0.25) is 4.55 Å². The standard InChI is InChI=1S/C41H52ClNO8S2.K/c1-26-22-31-30(14-10-20-52(44,45)46)32(40(3,4)33(31)24-36(26)50-7)17-15-28-12-9-13-29(39(28)42)16-18-38-41(5,6)34-25-37(51-8)27(2)23-35(34)43(38)19-11-21-53(47,48)49;/h15-18,22-25H,9-14,19-21H2,1-8H3,(H,44,45,46)(H,47,48,49);/q;+1/p-1/b17-15+,29-16+,38-18-;. The van der Waals surface area contributed by atoms with Crippen molar-refractivity contribution in [3.05, 3.63) is 104 Å². The molecule has 2 aromatic carbocycles. The fraction of sp³-hybridized carbons (Fsp3) is 0.463. The Balaban J connectivity index is 0.00000650. The topological polar surface area (TPSA) is 133 Å². The van der Waals surface area contributed by atoms with Gasteiger partial charge in [-0.2, -0.15) is 8.42 Å². The number of aryl methyl sites for hydroxylation is 2. The van der Waals surface area contributed by atoms with E-state index in [0.29, 0.717) is 18.0 Å². The Morgan fingerprint density at radius 3 is 2.11 bits per heavy atom. The fourth-order valence-electron chi connectivity index (χ4n) is 8.08. The van der Waals surface area contributed by atoms with Crippen LogP contribution in [0.1, 0.15) is 94.0 Å². The van der Waals surface area contributed by atoms with Crippen LogP contribution in [-0.4, -0.2) is 58.2 Å². The first kappa shape index (κ1) is 45.0. The molecule has 0 aromatic heterocycles. The Morgan fingerprint density at radius 1 is 0.870 bits per heavy atom. The minimum atomic E-state index is -4.36. The van der Waals surface area contributed by atoms with E-state index in [-0.39, 0.29) is 70.0 Å². The summed E-state index contributed by atoms with van der Waals surface area (Å²) < 4.78 is 78.4. The summed E-state index contributed by atoms with van der Waals surface area (Å²) in [4.78, 5) is 2.11. The zero-order valence-electron chi connectivity index (χ0n) is 32.9. The minimum Gasteiger partial charge on any atom is -0.748 e. The molecule has 0 fully saturated rings. The van der Waals surface area contributed by atoms with Crippen LogP contribution in [0, 0.1) is 13.8 Å². The number of methoxy groups -OCH3 is 2. The molecule has 0 saturated heterocycles. The molecule has 0 amide bonds. The van der Waals surface area contributed by atoms with Gasteiger partial charge in [-0.15, -0.1) is 0 Å². The molecule has 1 aliphatic heterocycles. The molecule has 2 aliphatic carbocycles. The van der Waals surface area contributed by atoms with E-state index in [1.165, 1.54) is 0 Å². The number of halogens is 1. The van der Waals surface area contributed by atoms with Gasteiger partial charge in [0.2, 0.25) is 0 Å². The number of fused-ring (bicyclic) bond motifs is 2. The normalized spacial score (nSPS) is 19.5. The van der Waals surface area contributed by atoms with E-state index in [1.54, 1.807) is 14.2 Å². The van der Waals surface area contributed by atoms with Crippen molar-refractivity contribution in [2.75, 3.05) is 37.2 Å². The van der Waals surface area contributed by atoms with E-state index in [1.807, 2.05) is 19.9 Å². The van der Waals surface area contributed by atoms with Gasteiger partial charge < -0.3 is 18.9 Å². The average Bonchev–Trinajstić information content (AvgIpc) is 3.38. The van der Waals surface area contributed by atoms with Crippen molar-refractivity contribution in [2.45, 2.75) is 90.9 Å². The van der Waals surface area contributed by atoms with Crippen LogP contribution in [0.5, 0.6) is 11.5 Å². The van der Waals surface area contributed by atoms with Crippen LogP contribution >= 0.6 is 11.6 Å². The van der Waals surface area contributed by atoms with Gasteiger partial charge in [0, 0.05) is 39.5 Å². The molecule has 0 unspecified atom stereocenters. The Morgan fingerprint density at radius 2 is 1.50 bits per heavy atom. The van der Waals surface area contributed by atoms with E-state index >= 15 is 0 Å². The van der Waals surface area contributed by atoms with Crippen molar-refractivity contribution in [1.29, 1.82) is 0 Å². The number of allylic oxidation sites excluding steroid dienone is 10.